The van der Waals surface area contributed by atoms with Gasteiger partial charge in [0.15, 0.2) is 17.3 Å². The van der Waals surface area contributed by atoms with E-state index < -0.39 is 12.1 Å². The lowest BCUT2D eigenvalue weighted by Gasteiger charge is -2.31. The Morgan fingerprint density at radius 1 is 0.978 bits per heavy atom. The van der Waals surface area contributed by atoms with Crippen molar-refractivity contribution in [3.8, 4) is 22.9 Å². The number of ether oxygens (including phenoxy) is 2. The second-order valence-electron chi connectivity index (χ2n) is 11.3. The van der Waals surface area contributed by atoms with E-state index in [1.165, 1.54) is 12.0 Å². The average molecular weight is 624 g/mol. The van der Waals surface area contributed by atoms with Crippen molar-refractivity contribution >= 4 is 17.7 Å². The van der Waals surface area contributed by atoms with Crippen molar-refractivity contribution < 1.29 is 23.9 Å². The van der Waals surface area contributed by atoms with Crippen LogP contribution in [0.15, 0.2) is 72.8 Å². The fourth-order valence-corrected chi connectivity index (χ4v) is 5.77. The summed E-state index contributed by atoms with van der Waals surface area (Å²) in [4.78, 5) is 46.7. The fourth-order valence-electron chi connectivity index (χ4n) is 5.77. The van der Waals surface area contributed by atoms with Gasteiger partial charge in [-0.25, -0.2) is 9.67 Å². The molecule has 0 saturated carbocycles. The lowest BCUT2D eigenvalue weighted by molar-refractivity contribution is -0.138. The Hall–Kier alpha value is -5.23. The molecule has 1 aromatic heterocycles. The summed E-state index contributed by atoms with van der Waals surface area (Å²) >= 11 is 0. The van der Waals surface area contributed by atoms with Crippen molar-refractivity contribution in [1.29, 1.82) is 0 Å². The third-order valence-electron chi connectivity index (χ3n) is 8.18. The monoisotopic (exact) mass is 623 g/mol. The number of carbonyl (C=O) groups is 3. The van der Waals surface area contributed by atoms with Crippen molar-refractivity contribution in [2.45, 2.75) is 38.5 Å². The van der Waals surface area contributed by atoms with Crippen LogP contribution in [0.3, 0.4) is 0 Å². The molecule has 4 aromatic rings. The Labute approximate surface area is 267 Å². The Morgan fingerprint density at radius 2 is 1.76 bits per heavy atom. The van der Waals surface area contributed by atoms with Gasteiger partial charge in [0.2, 0.25) is 11.8 Å². The van der Waals surface area contributed by atoms with E-state index in [1.54, 1.807) is 22.9 Å². The summed E-state index contributed by atoms with van der Waals surface area (Å²) in [5.41, 5.74) is 3.46. The van der Waals surface area contributed by atoms with E-state index in [1.807, 2.05) is 61.5 Å². The van der Waals surface area contributed by atoms with Crippen LogP contribution in [0.2, 0.25) is 0 Å². The van der Waals surface area contributed by atoms with Crippen LogP contribution in [0.4, 0.5) is 0 Å². The van der Waals surface area contributed by atoms with Gasteiger partial charge in [0, 0.05) is 30.8 Å². The molecule has 3 N–H and O–H groups in total. The standard InChI is InChI=1S/C34H37N7O5/c1-22-32-38-31(23-8-4-3-5-9-23)39-41(32)16-17-46-29-19-25(12-13-28(29)45-2)33(43)35-14-15-40(21-30(42)37-22)34(44)27-18-24-10-6-7-11-26(24)20-36-27/h3-13,19,22,27,36H,14-18,20-21H2,1-2H3,(H,35,43)(H,37,42)/t22-,27-/m1/s1. The first-order valence-corrected chi connectivity index (χ1v) is 15.4. The van der Waals surface area contributed by atoms with Crippen molar-refractivity contribution in [2.75, 3.05) is 33.4 Å². The van der Waals surface area contributed by atoms with Gasteiger partial charge in [0.05, 0.1) is 32.3 Å². The molecular weight excluding hydrogens is 586 g/mol. The highest BCUT2D eigenvalue weighted by Crippen LogP contribution is 2.28. The Balaban J connectivity index is 1.29. The van der Waals surface area contributed by atoms with Gasteiger partial charge in [0.1, 0.15) is 12.4 Å². The number of rotatable bonds is 3. The molecule has 2 bridgehead atoms. The first kappa shape index (κ1) is 30.8. The molecule has 12 nitrogen and oxygen atoms in total. The zero-order valence-electron chi connectivity index (χ0n) is 25.9. The number of hydrogen-bond donors (Lipinski definition) is 3. The molecule has 0 spiro atoms. The van der Waals surface area contributed by atoms with Gasteiger partial charge in [-0.05, 0) is 42.7 Å². The summed E-state index contributed by atoms with van der Waals surface area (Å²) in [6.07, 6.45) is 0.510. The van der Waals surface area contributed by atoms with Crippen molar-refractivity contribution in [2.24, 2.45) is 0 Å². The zero-order chi connectivity index (χ0) is 32.0. The molecule has 12 heteroatoms. The number of aromatic nitrogens is 3. The maximum Gasteiger partial charge on any atom is 0.251 e. The summed E-state index contributed by atoms with van der Waals surface area (Å²) in [5.74, 6) is 1.06. The molecule has 2 aliphatic heterocycles. The van der Waals surface area contributed by atoms with Gasteiger partial charge >= 0.3 is 0 Å². The molecule has 0 aliphatic carbocycles. The van der Waals surface area contributed by atoms with Gasteiger partial charge in [-0.3, -0.25) is 14.4 Å². The van der Waals surface area contributed by atoms with E-state index in [-0.39, 0.29) is 44.0 Å². The SMILES string of the molecule is COc1ccc2cc1OCCn1nc(-c3ccccc3)nc1[C@@H](C)NC(=O)CN(C(=O)[C@H]1Cc3ccccc3CN1)CCNC2=O. The largest absolute Gasteiger partial charge is 0.493 e. The normalized spacial score (nSPS) is 19.0. The van der Waals surface area contributed by atoms with Crippen molar-refractivity contribution in [1.82, 2.24) is 35.6 Å². The molecular formula is C34H37N7O5. The van der Waals surface area contributed by atoms with Gasteiger partial charge in [-0.2, -0.15) is 5.10 Å². The molecule has 0 saturated heterocycles. The highest BCUT2D eigenvalue weighted by atomic mass is 16.5. The number of hydrogen-bond acceptors (Lipinski definition) is 8. The van der Waals surface area contributed by atoms with Crippen LogP contribution in [-0.2, 0) is 29.1 Å². The Bertz CT molecular complexity index is 1720. The molecule has 0 radical (unpaired) electrons. The average Bonchev–Trinajstić information content (AvgIpc) is 3.51. The minimum Gasteiger partial charge on any atom is -0.493 e. The molecule has 3 amide bonds. The highest BCUT2D eigenvalue weighted by Gasteiger charge is 2.30. The predicted octanol–water partition coefficient (Wildman–Crippen LogP) is 2.50. The highest BCUT2D eigenvalue weighted by molar-refractivity contribution is 5.95. The maximum atomic E-state index is 13.8. The Kier molecular flexibility index (Phi) is 9.25. The predicted molar refractivity (Wildman–Crippen MR) is 170 cm³/mol. The van der Waals surface area contributed by atoms with Gasteiger partial charge in [-0.1, -0.05) is 54.6 Å². The zero-order valence-corrected chi connectivity index (χ0v) is 25.9. The molecule has 3 heterocycles. The summed E-state index contributed by atoms with van der Waals surface area (Å²) in [6, 6.07) is 21.5. The summed E-state index contributed by atoms with van der Waals surface area (Å²) in [7, 11) is 1.54. The van der Waals surface area contributed by atoms with E-state index in [0.29, 0.717) is 48.2 Å². The molecule has 6 rings (SSSR count). The molecule has 0 fully saturated rings. The number of fused-ring (bicyclic) bond motifs is 4. The quantitative estimate of drug-likeness (QED) is 0.317. The number of nitrogens with one attached hydrogen (secondary N) is 3. The van der Waals surface area contributed by atoms with E-state index in [2.05, 4.69) is 16.0 Å². The van der Waals surface area contributed by atoms with E-state index in [4.69, 9.17) is 19.6 Å². The van der Waals surface area contributed by atoms with Gasteiger partial charge < -0.3 is 30.3 Å². The fraction of sp³-hybridized carbons (Fsp3) is 0.324. The lowest BCUT2D eigenvalue weighted by Crippen LogP contribution is -2.53. The minimum atomic E-state index is -0.526. The van der Waals surface area contributed by atoms with E-state index in [0.717, 1.165) is 16.7 Å². The van der Waals surface area contributed by atoms with Crippen LogP contribution in [0.1, 0.15) is 40.3 Å². The number of carbonyl (C=O) groups excluding carboxylic acids is 3. The number of benzene rings is 3. The van der Waals surface area contributed by atoms with E-state index in [9.17, 15) is 14.4 Å². The van der Waals surface area contributed by atoms with Crippen LogP contribution in [0, 0.1) is 0 Å². The van der Waals surface area contributed by atoms with Crippen LogP contribution in [0.25, 0.3) is 11.4 Å². The van der Waals surface area contributed by atoms with Gasteiger partial charge in [0.25, 0.3) is 5.91 Å². The number of methoxy groups -OCH3 is 1. The number of amides is 3. The first-order chi connectivity index (χ1) is 22.4. The lowest BCUT2D eigenvalue weighted by atomic mass is 9.95. The molecule has 2 atom stereocenters. The third kappa shape index (κ3) is 6.86. The second-order valence-corrected chi connectivity index (χ2v) is 11.3. The molecule has 46 heavy (non-hydrogen) atoms. The maximum absolute atomic E-state index is 13.8. The number of nitrogens with zero attached hydrogens (tertiary/aromatic N) is 4. The third-order valence-corrected chi connectivity index (χ3v) is 8.18. The van der Waals surface area contributed by atoms with Gasteiger partial charge in [-0.15, -0.1) is 0 Å². The van der Waals surface area contributed by atoms with Crippen LogP contribution in [-0.4, -0.2) is 76.8 Å². The second kappa shape index (κ2) is 13.8. The van der Waals surface area contributed by atoms with Crippen molar-refractivity contribution in [3.05, 3.63) is 95.3 Å². The summed E-state index contributed by atoms with van der Waals surface area (Å²) in [6.45, 7) is 3.01. The smallest absolute Gasteiger partial charge is 0.251 e. The summed E-state index contributed by atoms with van der Waals surface area (Å²) in [5, 5.41) is 13.9. The molecule has 238 valence electrons. The van der Waals surface area contributed by atoms with Crippen LogP contribution >= 0.6 is 0 Å². The van der Waals surface area contributed by atoms with E-state index >= 15 is 0 Å². The topological polar surface area (TPSA) is 140 Å². The minimum absolute atomic E-state index is 0.139. The van der Waals surface area contributed by atoms with Crippen molar-refractivity contribution in [3.63, 3.8) is 0 Å². The molecule has 2 aliphatic rings. The summed E-state index contributed by atoms with van der Waals surface area (Å²) < 4.78 is 13.3. The first-order valence-electron chi connectivity index (χ1n) is 15.4. The van der Waals surface area contributed by atoms with Crippen LogP contribution in [0.5, 0.6) is 11.5 Å². The molecule has 3 aromatic carbocycles. The van der Waals surface area contributed by atoms with Crippen LogP contribution < -0.4 is 25.4 Å². The molecule has 0 unspecified atom stereocenters. The Morgan fingerprint density at radius 3 is 2.57 bits per heavy atom.